The third-order valence-electron chi connectivity index (χ3n) is 12.3. The summed E-state index contributed by atoms with van der Waals surface area (Å²) in [6.07, 6.45) is 0. The highest BCUT2D eigenvalue weighted by molar-refractivity contribution is 6.26. The van der Waals surface area contributed by atoms with Crippen LogP contribution in [0.3, 0.4) is 0 Å². The number of hydrogen-bond acceptors (Lipinski definition) is 5. The largest absolute Gasteiger partial charge is 0.455 e. The number of nitrogens with zero attached hydrogens (tertiary/aromatic N) is 6. The highest BCUT2D eigenvalue weighted by Gasteiger charge is 2.24. The number of benzene rings is 9. The molecule has 0 fully saturated rings. The van der Waals surface area contributed by atoms with Crippen molar-refractivity contribution < 1.29 is 11.3 Å². The maximum atomic E-state index is 11.2. The average Bonchev–Trinajstić information content (AvgIpc) is 4.08. The monoisotopic (exact) mass is 835 g/mol. The van der Waals surface area contributed by atoms with E-state index in [0.717, 1.165) is 65.6 Å². The van der Waals surface area contributed by atoms with Crippen molar-refractivity contribution in [3.63, 3.8) is 0 Å². The van der Waals surface area contributed by atoms with Crippen molar-refractivity contribution in [2.24, 2.45) is 0 Å². The van der Waals surface area contributed by atoms with Crippen LogP contribution >= 0.6 is 0 Å². The van der Waals surface area contributed by atoms with Crippen LogP contribution in [0.25, 0.3) is 122 Å². The first-order chi connectivity index (χ1) is 34.3. The van der Waals surface area contributed by atoms with Gasteiger partial charge in [-0.25, -0.2) is 15.0 Å². The summed E-state index contributed by atoms with van der Waals surface area (Å²) in [6.45, 7) is 0. The van der Waals surface area contributed by atoms with Gasteiger partial charge >= 0.3 is 0 Å². The molecular weight excluding hydrogens is 797 g/mol. The Hall–Kier alpha value is -9.12. The summed E-state index contributed by atoms with van der Waals surface area (Å²) in [5.74, 6) is 1.23. The Bertz CT molecular complexity index is 4370. The normalized spacial score (nSPS) is 12.8. The van der Waals surface area contributed by atoms with Crippen molar-refractivity contribution >= 4 is 65.6 Å². The van der Waals surface area contributed by atoms with Crippen LogP contribution < -0.4 is 0 Å². The van der Waals surface area contributed by atoms with Crippen LogP contribution in [-0.2, 0) is 0 Å². The number of aromatic nitrogens is 5. The smallest absolute Gasteiger partial charge is 0.167 e. The van der Waals surface area contributed by atoms with Gasteiger partial charge in [0.25, 0.3) is 0 Å². The molecule has 0 atom stereocenters. The SMILES string of the molecule is [2H]c1c([2H])c([2H])c(-n2c3ccccc3c3c2ccc2c4ccccc4n(-c4ccc(-c5nc(-c6ccccc6-c6ccccc6)nc(-c6cccc7c6oc6ccccc67)n5)cc4C#N)c23)c([2H])c1[2H]. The number of rotatable bonds is 6. The molecule has 65 heavy (non-hydrogen) atoms. The Morgan fingerprint density at radius 2 is 1.12 bits per heavy atom. The van der Waals surface area contributed by atoms with Crippen LogP contribution in [0.5, 0.6) is 0 Å². The summed E-state index contributed by atoms with van der Waals surface area (Å²) < 4.78 is 53.8. The molecule has 0 bridgehead atoms. The van der Waals surface area contributed by atoms with Crippen molar-refractivity contribution in [2.75, 3.05) is 0 Å². The van der Waals surface area contributed by atoms with Crippen molar-refractivity contribution in [1.29, 1.82) is 5.26 Å². The Labute approximate surface area is 379 Å². The second-order valence-corrected chi connectivity index (χ2v) is 15.9. The Morgan fingerprint density at radius 1 is 0.477 bits per heavy atom. The number of furan rings is 1. The van der Waals surface area contributed by atoms with Gasteiger partial charge in [0.2, 0.25) is 0 Å². The molecule has 13 aromatic rings. The minimum absolute atomic E-state index is 0.0558. The number of hydrogen-bond donors (Lipinski definition) is 0. The fourth-order valence-corrected chi connectivity index (χ4v) is 9.53. The molecule has 13 rings (SSSR count). The molecule has 302 valence electrons. The summed E-state index contributed by atoms with van der Waals surface area (Å²) in [5.41, 5.74) is 9.47. The van der Waals surface area contributed by atoms with Gasteiger partial charge in [0.05, 0.1) is 45.7 Å². The van der Waals surface area contributed by atoms with Crippen LogP contribution in [-0.4, -0.2) is 24.1 Å². The van der Waals surface area contributed by atoms with E-state index in [9.17, 15) is 5.26 Å². The Kier molecular flexibility index (Phi) is 7.06. The van der Waals surface area contributed by atoms with Gasteiger partial charge in [-0.1, -0.05) is 146 Å². The predicted molar refractivity (Wildman–Crippen MR) is 262 cm³/mol. The van der Waals surface area contributed by atoms with Gasteiger partial charge in [-0.05, 0) is 71.7 Å². The number of fused-ring (bicyclic) bond motifs is 10. The molecule has 0 radical (unpaired) electrons. The molecule has 0 aliphatic carbocycles. The van der Waals surface area contributed by atoms with E-state index in [1.165, 1.54) is 0 Å². The van der Waals surface area contributed by atoms with Crippen LogP contribution in [0.2, 0.25) is 0 Å². The number of para-hydroxylation sites is 5. The zero-order valence-corrected chi connectivity index (χ0v) is 34.3. The van der Waals surface area contributed by atoms with E-state index >= 15 is 0 Å². The summed E-state index contributed by atoms with van der Waals surface area (Å²) in [4.78, 5) is 15.5. The van der Waals surface area contributed by atoms with Gasteiger partial charge < -0.3 is 13.6 Å². The summed E-state index contributed by atoms with van der Waals surface area (Å²) >= 11 is 0. The third kappa shape index (κ3) is 5.64. The van der Waals surface area contributed by atoms with Gasteiger partial charge in [0, 0.05) is 49.1 Å². The molecule has 0 N–H and O–H groups in total. The van der Waals surface area contributed by atoms with Crippen LogP contribution in [0.4, 0.5) is 0 Å². The quantitative estimate of drug-likeness (QED) is 0.167. The van der Waals surface area contributed by atoms with Gasteiger partial charge in [-0.2, -0.15) is 5.26 Å². The summed E-state index contributed by atoms with van der Waals surface area (Å²) in [5, 5.41) is 16.6. The lowest BCUT2D eigenvalue weighted by atomic mass is 9.99. The lowest BCUT2D eigenvalue weighted by molar-refractivity contribution is 0.669. The van der Waals surface area contributed by atoms with Gasteiger partial charge in [0.1, 0.15) is 17.2 Å². The van der Waals surface area contributed by atoms with Crippen LogP contribution in [0.15, 0.2) is 211 Å². The van der Waals surface area contributed by atoms with Gasteiger partial charge in [-0.15, -0.1) is 0 Å². The summed E-state index contributed by atoms with van der Waals surface area (Å²) in [7, 11) is 0. The third-order valence-corrected chi connectivity index (χ3v) is 12.3. The molecule has 0 saturated heterocycles. The predicted octanol–water partition coefficient (Wildman–Crippen LogP) is 14.5. The molecule has 0 aliphatic rings. The van der Waals surface area contributed by atoms with E-state index < -0.39 is 18.1 Å². The zero-order valence-electron chi connectivity index (χ0n) is 39.3. The first-order valence-electron chi connectivity index (χ1n) is 23.7. The molecule has 7 heteroatoms. The molecule has 0 unspecified atom stereocenters. The average molecular weight is 836 g/mol. The molecule has 0 aliphatic heterocycles. The molecule has 0 saturated carbocycles. The van der Waals surface area contributed by atoms with Crippen molar-refractivity contribution in [2.45, 2.75) is 0 Å². The zero-order chi connectivity index (χ0) is 47.4. The Morgan fingerprint density at radius 3 is 1.94 bits per heavy atom. The first kappa shape index (κ1) is 31.7. The maximum absolute atomic E-state index is 11.2. The highest BCUT2D eigenvalue weighted by Crippen LogP contribution is 2.43. The molecule has 4 heterocycles. The van der Waals surface area contributed by atoms with E-state index in [1.807, 2.05) is 152 Å². The second-order valence-electron chi connectivity index (χ2n) is 15.9. The molecule has 4 aromatic heterocycles. The van der Waals surface area contributed by atoms with E-state index in [0.29, 0.717) is 56.5 Å². The van der Waals surface area contributed by atoms with E-state index in [-0.39, 0.29) is 17.8 Å². The van der Waals surface area contributed by atoms with Crippen LogP contribution in [0.1, 0.15) is 12.4 Å². The van der Waals surface area contributed by atoms with E-state index in [4.69, 9.17) is 26.2 Å². The summed E-state index contributed by atoms with van der Waals surface area (Å²) in [6, 6.07) is 58.0. The lowest BCUT2D eigenvalue weighted by Gasteiger charge is -2.14. The highest BCUT2D eigenvalue weighted by atomic mass is 16.3. The molecule has 0 spiro atoms. The maximum Gasteiger partial charge on any atom is 0.167 e. The second kappa shape index (κ2) is 14.5. The Balaban J connectivity index is 1.06. The minimum Gasteiger partial charge on any atom is -0.455 e. The lowest BCUT2D eigenvalue weighted by Crippen LogP contribution is -2.03. The molecule has 7 nitrogen and oxygen atoms in total. The van der Waals surface area contributed by atoms with Crippen molar-refractivity contribution in [3.05, 3.63) is 212 Å². The fourth-order valence-electron chi connectivity index (χ4n) is 9.53. The molecular formula is C58H34N6O. The van der Waals surface area contributed by atoms with E-state index in [1.54, 1.807) is 4.57 Å². The molecule has 0 amide bonds. The van der Waals surface area contributed by atoms with Crippen molar-refractivity contribution in [3.8, 4) is 62.7 Å². The fraction of sp³-hybridized carbons (Fsp3) is 0. The molecule has 9 aromatic carbocycles. The van der Waals surface area contributed by atoms with Gasteiger partial charge in [-0.3, -0.25) is 0 Å². The topological polar surface area (TPSA) is 85.5 Å². The first-order valence-corrected chi connectivity index (χ1v) is 21.2. The minimum atomic E-state index is -0.459. The number of nitriles is 1. The van der Waals surface area contributed by atoms with E-state index in [2.05, 4.69) is 34.9 Å². The van der Waals surface area contributed by atoms with Gasteiger partial charge in [0.15, 0.2) is 17.5 Å². The van der Waals surface area contributed by atoms with Crippen molar-refractivity contribution in [1.82, 2.24) is 24.1 Å². The van der Waals surface area contributed by atoms with Crippen LogP contribution in [0, 0.1) is 11.3 Å². The standard InChI is InChI=1S/C58H34N6O/c59-35-38-34-37(30-32-48(38)64-49-27-12-9-21-41(49)43-31-33-51-53(54(43)64)46-24-10-13-28-50(46)63(51)39-18-5-2-6-19-39)56-60-57(45-23-8-7-20-40(45)36-16-3-1-4-17-36)62-58(61-56)47-26-15-25-44-42-22-11-14-29-52(42)65-55(44)47/h1-34H/i2D,5D,6D,18D,19D.